The molecule has 0 saturated carbocycles. The first-order valence-electron chi connectivity index (χ1n) is 6.94. The van der Waals surface area contributed by atoms with E-state index in [9.17, 15) is 0 Å². The van der Waals surface area contributed by atoms with E-state index in [0.717, 1.165) is 17.0 Å². The molecule has 1 aromatic heterocycles. The summed E-state index contributed by atoms with van der Waals surface area (Å²) in [6, 6.07) is 7.86. The highest BCUT2D eigenvalue weighted by atomic mass is 35.5. The molecule has 0 amide bonds. The zero-order chi connectivity index (χ0) is 14.1. The van der Waals surface area contributed by atoms with Crippen LogP contribution in [0.3, 0.4) is 0 Å². The molecule has 106 valence electrons. The monoisotopic (exact) mass is 325 g/mol. The van der Waals surface area contributed by atoms with Gasteiger partial charge in [-0.05, 0) is 67.5 Å². The second-order valence-electron chi connectivity index (χ2n) is 5.35. The highest BCUT2D eigenvalue weighted by Crippen LogP contribution is 2.34. The van der Waals surface area contributed by atoms with Gasteiger partial charge in [-0.25, -0.2) is 0 Å². The topological polar surface area (TPSA) is 26.0 Å². The van der Waals surface area contributed by atoms with Crippen LogP contribution in [0.2, 0.25) is 10.0 Å². The van der Waals surface area contributed by atoms with Gasteiger partial charge in [0.05, 0.1) is 0 Å². The van der Waals surface area contributed by atoms with Crippen LogP contribution in [0.1, 0.15) is 39.8 Å². The van der Waals surface area contributed by atoms with E-state index < -0.39 is 0 Å². The summed E-state index contributed by atoms with van der Waals surface area (Å²) < 4.78 is 0. The van der Waals surface area contributed by atoms with Crippen molar-refractivity contribution in [3.63, 3.8) is 0 Å². The van der Waals surface area contributed by atoms with Crippen LogP contribution >= 0.6 is 34.5 Å². The molecule has 0 bridgehead atoms. The number of halogens is 2. The molecule has 1 heterocycles. The summed E-state index contributed by atoms with van der Waals surface area (Å²) >= 11 is 14.1. The maximum absolute atomic E-state index is 6.37. The van der Waals surface area contributed by atoms with Crippen LogP contribution in [0, 0.1) is 0 Å². The summed E-state index contributed by atoms with van der Waals surface area (Å²) in [6.45, 7) is 0. The Balaban J connectivity index is 1.80. The Bertz CT molecular complexity index is 597. The minimum atomic E-state index is 0.00145. The van der Waals surface area contributed by atoms with E-state index in [-0.39, 0.29) is 6.04 Å². The molecule has 1 unspecified atom stereocenters. The fourth-order valence-corrected chi connectivity index (χ4v) is 4.38. The Morgan fingerprint density at radius 1 is 1.15 bits per heavy atom. The van der Waals surface area contributed by atoms with E-state index >= 15 is 0 Å². The standard InChI is InChI=1S/C16H17Cl2NS/c17-12-5-6-13(18)11(7-12)8-14(19)16-9-10-3-1-2-4-15(10)20-16/h5-7,9,14H,1-4,8,19H2. The van der Waals surface area contributed by atoms with Gasteiger partial charge >= 0.3 is 0 Å². The van der Waals surface area contributed by atoms with Gasteiger partial charge in [0.1, 0.15) is 0 Å². The van der Waals surface area contributed by atoms with E-state index in [1.807, 2.05) is 29.5 Å². The first kappa shape index (κ1) is 14.4. The van der Waals surface area contributed by atoms with Gasteiger partial charge in [-0.1, -0.05) is 23.2 Å². The van der Waals surface area contributed by atoms with Crippen LogP contribution in [-0.4, -0.2) is 0 Å². The smallest absolute Gasteiger partial charge is 0.0439 e. The predicted molar refractivity (Wildman–Crippen MR) is 88.1 cm³/mol. The third-order valence-electron chi connectivity index (χ3n) is 3.83. The molecule has 4 heteroatoms. The fourth-order valence-electron chi connectivity index (χ4n) is 2.73. The molecular formula is C16H17Cl2NS. The van der Waals surface area contributed by atoms with Crippen LogP contribution in [0.25, 0.3) is 0 Å². The summed E-state index contributed by atoms with van der Waals surface area (Å²) in [5.74, 6) is 0. The molecule has 1 atom stereocenters. The molecule has 2 aromatic rings. The number of aryl methyl sites for hydroxylation is 2. The van der Waals surface area contributed by atoms with Crippen LogP contribution < -0.4 is 5.73 Å². The van der Waals surface area contributed by atoms with Gasteiger partial charge in [-0.3, -0.25) is 0 Å². The Hall–Kier alpha value is -0.540. The van der Waals surface area contributed by atoms with Crippen LogP contribution in [0.15, 0.2) is 24.3 Å². The molecule has 3 rings (SSSR count). The van der Waals surface area contributed by atoms with Crippen molar-refractivity contribution in [2.24, 2.45) is 5.73 Å². The SMILES string of the molecule is NC(Cc1cc(Cl)ccc1Cl)c1cc2c(s1)CCCC2. The average molecular weight is 326 g/mol. The van der Waals surface area contributed by atoms with Crippen molar-refractivity contribution in [3.8, 4) is 0 Å². The quantitative estimate of drug-likeness (QED) is 0.827. The zero-order valence-corrected chi connectivity index (χ0v) is 13.5. The van der Waals surface area contributed by atoms with E-state index in [4.69, 9.17) is 28.9 Å². The maximum Gasteiger partial charge on any atom is 0.0439 e. The number of rotatable bonds is 3. The number of thiophene rings is 1. The molecule has 0 radical (unpaired) electrons. The first-order valence-corrected chi connectivity index (χ1v) is 8.51. The summed E-state index contributed by atoms with van der Waals surface area (Å²) in [5, 5.41) is 1.45. The van der Waals surface area contributed by atoms with Crippen LogP contribution in [-0.2, 0) is 19.3 Å². The van der Waals surface area contributed by atoms with Gasteiger partial charge in [0.25, 0.3) is 0 Å². The molecule has 1 aliphatic carbocycles. The lowest BCUT2D eigenvalue weighted by Crippen LogP contribution is -2.12. The van der Waals surface area contributed by atoms with Crippen molar-refractivity contribution in [3.05, 3.63) is 55.2 Å². The van der Waals surface area contributed by atoms with Crippen molar-refractivity contribution in [2.75, 3.05) is 0 Å². The van der Waals surface area contributed by atoms with Gasteiger partial charge < -0.3 is 5.73 Å². The summed E-state index contributed by atoms with van der Waals surface area (Å²) in [6.07, 6.45) is 5.76. The largest absolute Gasteiger partial charge is 0.323 e. The number of hydrogen-bond donors (Lipinski definition) is 1. The number of fused-ring (bicyclic) bond motifs is 1. The van der Waals surface area contributed by atoms with E-state index in [1.54, 1.807) is 0 Å². The molecule has 1 aliphatic rings. The van der Waals surface area contributed by atoms with Crippen molar-refractivity contribution >= 4 is 34.5 Å². The molecule has 20 heavy (non-hydrogen) atoms. The number of nitrogens with two attached hydrogens (primary N) is 1. The summed E-state index contributed by atoms with van der Waals surface area (Å²) in [5.41, 5.74) is 8.90. The molecule has 0 spiro atoms. The third-order valence-corrected chi connectivity index (χ3v) is 5.80. The van der Waals surface area contributed by atoms with E-state index in [1.165, 1.54) is 41.0 Å². The average Bonchev–Trinajstić information content (AvgIpc) is 2.87. The Morgan fingerprint density at radius 3 is 2.75 bits per heavy atom. The van der Waals surface area contributed by atoms with Crippen LogP contribution in [0.5, 0.6) is 0 Å². The van der Waals surface area contributed by atoms with Gasteiger partial charge in [-0.2, -0.15) is 0 Å². The highest BCUT2D eigenvalue weighted by Gasteiger charge is 2.18. The zero-order valence-electron chi connectivity index (χ0n) is 11.2. The minimum absolute atomic E-state index is 0.00145. The lowest BCUT2D eigenvalue weighted by atomic mass is 9.98. The first-order chi connectivity index (χ1) is 9.63. The molecule has 1 aromatic carbocycles. The lowest BCUT2D eigenvalue weighted by molar-refractivity contribution is 0.695. The van der Waals surface area contributed by atoms with Crippen molar-refractivity contribution in [2.45, 2.75) is 38.1 Å². The fraction of sp³-hybridized carbons (Fsp3) is 0.375. The lowest BCUT2D eigenvalue weighted by Gasteiger charge is -2.11. The molecule has 0 saturated heterocycles. The second-order valence-corrected chi connectivity index (χ2v) is 7.36. The summed E-state index contributed by atoms with van der Waals surface area (Å²) in [4.78, 5) is 2.80. The normalized spacial score (nSPS) is 15.9. The summed E-state index contributed by atoms with van der Waals surface area (Å²) in [7, 11) is 0. The molecule has 0 aliphatic heterocycles. The van der Waals surface area contributed by atoms with Gasteiger partial charge in [-0.15, -0.1) is 11.3 Å². The van der Waals surface area contributed by atoms with Crippen molar-refractivity contribution in [1.29, 1.82) is 0 Å². The Morgan fingerprint density at radius 2 is 1.95 bits per heavy atom. The third kappa shape index (κ3) is 3.04. The van der Waals surface area contributed by atoms with Crippen LogP contribution in [0.4, 0.5) is 0 Å². The molecular weight excluding hydrogens is 309 g/mol. The second kappa shape index (κ2) is 6.07. The Kier molecular flexibility index (Phi) is 4.37. The van der Waals surface area contributed by atoms with Gasteiger partial charge in [0, 0.05) is 25.8 Å². The number of benzene rings is 1. The maximum atomic E-state index is 6.37. The van der Waals surface area contributed by atoms with Crippen molar-refractivity contribution < 1.29 is 0 Å². The van der Waals surface area contributed by atoms with E-state index in [2.05, 4.69) is 6.07 Å². The van der Waals surface area contributed by atoms with Crippen molar-refractivity contribution in [1.82, 2.24) is 0 Å². The van der Waals surface area contributed by atoms with E-state index in [0.29, 0.717) is 5.02 Å². The molecule has 0 fully saturated rings. The van der Waals surface area contributed by atoms with Gasteiger partial charge in [0.2, 0.25) is 0 Å². The minimum Gasteiger partial charge on any atom is -0.323 e. The Labute approximate surface area is 133 Å². The number of hydrogen-bond acceptors (Lipinski definition) is 2. The molecule has 1 nitrogen and oxygen atoms in total. The van der Waals surface area contributed by atoms with Gasteiger partial charge in [0.15, 0.2) is 0 Å². The highest BCUT2D eigenvalue weighted by molar-refractivity contribution is 7.12. The predicted octanol–water partition coefficient (Wildman–Crippen LogP) is 5.18. The molecule has 2 N–H and O–H groups in total.